The summed E-state index contributed by atoms with van der Waals surface area (Å²) in [4.78, 5) is 19.7. The first-order valence-corrected chi connectivity index (χ1v) is 6.68. The molecule has 110 valence electrons. The molecule has 20 heavy (non-hydrogen) atoms. The Morgan fingerprint density at radius 3 is 2.45 bits per heavy atom. The third-order valence-electron chi connectivity index (χ3n) is 2.70. The van der Waals surface area contributed by atoms with Crippen LogP contribution in [-0.4, -0.2) is 41.8 Å². The highest BCUT2D eigenvalue weighted by atomic mass is 32.2. The summed E-state index contributed by atoms with van der Waals surface area (Å²) in [6.45, 7) is 1.14. The molecule has 1 aromatic rings. The summed E-state index contributed by atoms with van der Waals surface area (Å²) in [6.07, 6.45) is 0. The van der Waals surface area contributed by atoms with Gasteiger partial charge in [-0.1, -0.05) is 0 Å². The van der Waals surface area contributed by atoms with Crippen molar-refractivity contribution in [3.05, 3.63) is 34.1 Å². The summed E-state index contributed by atoms with van der Waals surface area (Å²) < 4.78 is 38.0. The molecule has 0 bridgehead atoms. The number of nitro groups is 1. The molecular weight excluding hydrogens is 295 g/mol. The van der Waals surface area contributed by atoms with Gasteiger partial charge in [0.15, 0.2) is 0 Å². The fraction of sp³-hybridized carbons (Fsp3) is 0.300. The fourth-order valence-corrected chi connectivity index (χ4v) is 2.66. The highest BCUT2D eigenvalue weighted by Crippen LogP contribution is 2.23. The van der Waals surface area contributed by atoms with Crippen LogP contribution in [0.15, 0.2) is 23.1 Å². The van der Waals surface area contributed by atoms with Crippen molar-refractivity contribution in [1.29, 1.82) is 0 Å². The van der Waals surface area contributed by atoms with Crippen LogP contribution in [0.1, 0.15) is 6.92 Å². The van der Waals surface area contributed by atoms with Crippen LogP contribution in [0.2, 0.25) is 0 Å². The number of nitro benzene ring substituents is 1. The molecule has 0 saturated carbocycles. The van der Waals surface area contributed by atoms with Gasteiger partial charge in [0.2, 0.25) is 15.8 Å². The van der Waals surface area contributed by atoms with E-state index in [9.17, 15) is 27.7 Å². The Morgan fingerprint density at radius 1 is 1.50 bits per heavy atom. The van der Waals surface area contributed by atoms with Gasteiger partial charge in [-0.2, -0.15) is 8.70 Å². The molecule has 0 fully saturated rings. The molecule has 0 aliphatic heterocycles. The highest BCUT2D eigenvalue weighted by Gasteiger charge is 2.30. The van der Waals surface area contributed by atoms with Crippen molar-refractivity contribution < 1.29 is 27.6 Å². The summed E-state index contributed by atoms with van der Waals surface area (Å²) >= 11 is 0. The third kappa shape index (κ3) is 2.91. The van der Waals surface area contributed by atoms with Gasteiger partial charge in [0.25, 0.3) is 0 Å². The Bertz CT molecular complexity index is 660. The fourth-order valence-electron chi connectivity index (χ4n) is 1.33. The van der Waals surface area contributed by atoms with E-state index in [1.54, 1.807) is 0 Å². The second-order valence-corrected chi connectivity index (χ2v) is 5.90. The molecule has 0 aliphatic carbocycles. The smallest absolute Gasteiger partial charge is 0.321 e. The lowest BCUT2D eigenvalue weighted by molar-refractivity contribution is -0.387. The van der Waals surface area contributed by atoms with Crippen molar-refractivity contribution in [2.45, 2.75) is 17.9 Å². The van der Waals surface area contributed by atoms with Crippen LogP contribution in [0, 0.1) is 15.9 Å². The Labute approximate surface area is 113 Å². The first-order chi connectivity index (χ1) is 9.09. The molecule has 8 nitrogen and oxygen atoms in total. The quantitative estimate of drug-likeness (QED) is 0.635. The van der Waals surface area contributed by atoms with Crippen molar-refractivity contribution in [2.24, 2.45) is 0 Å². The van der Waals surface area contributed by atoms with Gasteiger partial charge < -0.3 is 5.11 Å². The van der Waals surface area contributed by atoms with Gasteiger partial charge in [0.05, 0.1) is 9.82 Å². The maximum Gasteiger partial charge on any atom is 0.321 e. The summed E-state index contributed by atoms with van der Waals surface area (Å²) in [5, 5.41) is 19.2. The Kier molecular flexibility index (Phi) is 4.40. The largest absolute Gasteiger partial charge is 0.480 e. The summed E-state index contributed by atoms with van der Waals surface area (Å²) in [5.74, 6) is -2.69. The van der Waals surface area contributed by atoms with E-state index in [0.717, 1.165) is 20.0 Å². The zero-order valence-corrected chi connectivity index (χ0v) is 11.3. The number of carboxylic acid groups (broad SMARTS) is 1. The molecule has 1 unspecified atom stereocenters. The van der Waals surface area contributed by atoms with Crippen molar-refractivity contribution in [2.75, 3.05) is 7.05 Å². The van der Waals surface area contributed by atoms with E-state index in [0.29, 0.717) is 16.4 Å². The average Bonchev–Trinajstić information content (AvgIpc) is 2.36. The molecule has 0 aromatic heterocycles. The van der Waals surface area contributed by atoms with Gasteiger partial charge in [-0.15, -0.1) is 0 Å². The molecule has 0 radical (unpaired) electrons. The number of hydrogen-bond donors (Lipinski definition) is 1. The van der Waals surface area contributed by atoms with Crippen LogP contribution in [0.5, 0.6) is 0 Å². The molecule has 10 heteroatoms. The highest BCUT2D eigenvalue weighted by molar-refractivity contribution is 7.89. The number of rotatable bonds is 5. The monoisotopic (exact) mass is 306 g/mol. The second kappa shape index (κ2) is 5.51. The van der Waals surface area contributed by atoms with E-state index in [4.69, 9.17) is 5.11 Å². The lowest BCUT2D eigenvalue weighted by atomic mass is 10.3. The number of likely N-dealkylation sites (N-methyl/N-ethyl adjacent to an activating group) is 1. The maximum atomic E-state index is 13.4. The molecule has 0 spiro atoms. The predicted molar refractivity (Wildman–Crippen MR) is 65.1 cm³/mol. The first-order valence-electron chi connectivity index (χ1n) is 5.23. The van der Waals surface area contributed by atoms with E-state index in [-0.39, 0.29) is 0 Å². The number of sulfonamides is 1. The third-order valence-corrected chi connectivity index (χ3v) is 4.62. The van der Waals surface area contributed by atoms with Crippen molar-refractivity contribution in [3.63, 3.8) is 0 Å². The van der Waals surface area contributed by atoms with E-state index >= 15 is 0 Å². The number of hydrogen-bond acceptors (Lipinski definition) is 5. The number of carboxylic acids is 1. The number of nitrogens with zero attached hydrogens (tertiary/aromatic N) is 2. The summed E-state index contributed by atoms with van der Waals surface area (Å²) in [5.41, 5.74) is -0.863. The van der Waals surface area contributed by atoms with Crippen LogP contribution in [0.25, 0.3) is 0 Å². The average molecular weight is 306 g/mol. The van der Waals surface area contributed by atoms with Crippen molar-refractivity contribution in [1.82, 2.24) is 4.31 Å². The van der Waals surface area contributed by atoms with Crippen LogP contribution in [-0.2, 0) is 14.8 Å². The summed E-state index contributed by atoms with van der Waals surface area (Å²) in [7, 11) is -3.24. The minimum absolute atomic E-state index is 0.485. The number of benzene rings is 1. The topological polar surface area (TPSA) is 118 Å². The summed E-state index contributed by atoms with van der Waals surface area (Å²) in [6, 6.07) is 0.681. The van der Waals surface area contributed by atoms with Gasteiger partial charge >= 0.3 is 11.7 Å². The Balaban J connectivity index is 3.27. The molecule has 0 saturated heterocycles. The van der Waals surface area contributed by atoms with Crippen LogP contribution < -0.4 is 0 Å². The SMILES string of the molecule is CC(C(=O)O)N(C)S(=O)(=O)c1ccc([N+](=O)[O-])c(F)c1. The lowest BCUT2D eigenvalue weighted by Gasteiger charge is -2.20. The Morgan fingerprint density at radius 2 is 2.05 bits per heavy atom. The van der Waals surface area contributed by atoms with E-state index in [1.165, 1.54) is 0 Å². The van der Waals surface area contributed by atoms with Crippen LogP contribution in [0.3, 0.4) is 0 Å². The van der Waals surface area contributed by atoms with Gasteiger partial charge in [-0.3, -0.25) is 14.9 Å². The van der Waals surface area contributed by atoms with Crippen LogP contribution >= 0.6 is 0 Å². The lowest BCUT2D eigenvalue weighted by Crippen LogP contribution is -2.40. The number of aliphatic carboxylic acids is 1. The van der Waals surface area contributed by atoms with Crippen molar-refractivity contribution in [3.8, 4) is 0 Å². The minimum atomic E-state index is -4.26. The predicted octanol–water partition coefficient (Wildman–Crippen LogP) is 0.828. The van der Waals surface area contributed by atoms with Gasteiger partial charge in [-0.25, -0.2) is 8.42 Å². The Hall–Kier alpha value is -2.07. The molecule has 1 rings (SSSR count). The van der Waals surface area contributed by atoms with E-state index < -0.39 is 43.4 Å². The standard InChI is InChI=1S/C10H11FN2O6S/c1-6(10(14)15)12(2)20(18,19)7-3-4-9(13(16)17)8(11)5-7/h3-6H,1-2H3,(H,14,15). The zero-order chi connectivity index (χ0) is 15.7. The normalized spacial score (nSPS) is 13.2. The minimum Gasteiger partial charge on any atom is -0.480 e. The molecule has 0 heterocycles. The number of carbonyl (C=O) groups is 1. The molecule has 0 amide bonds. The number of halogens is 1. The first kappa shape index (κ1) is 16.0. The van der Waals surface area contributed by atoms with Gasteiger partial charge in [0, 0.05) is 19.2 Å². The maximum absolute atomic E-state index is 13.4. The second-order valence-electron chi connectivity index (χ2n) is 3.91. The van der Waals surface area contributed by atoms with Gasteiger partial charge in [-0.05, 0) is 13.0 Å². The van der Waals surface area contributed by atoms with E-state index in [2.05, 4.69) is 0 Å². The van der Waals surface area contributed by atoms with E-state index in [1.807, 2.05) is 0 Å². The van der Waals surface area contributed by atoms with Gasteiger partial charge in [0.1, 0.15) is 6.04 Å². The van der Waals surface area contributed by atoms with Crippen LogP contribution in [0.4, 0.5) is 10.1 Å². The molecule has 1 aromatic carbocycles. The zero-order valence-electron chi connectivity index (χ0n) is 10.5. The molecule has 1 N–H and O–H groups in total. The molecule has 0 aliphatic rings. The molecular formula is C10H11FN2O6S. The van der Waals surface area contributed by atoms with Crippen molar-refractivity contribution >= 4 is 21.7 Å². The molecule has 1 atom stereocenters.